The number of aromatic nitrogens is 2. The Bertz CT molecular complexity index is 855. The lowest BCUT2D eigenvalue weighted by Gasteiger charge is -2.40. The van der Waals surface area contributed by atoms with Gasteiger partial charge in [0.15, 0.2) is 15.5 Å². The van der Waals surface area contributed by atoms with Crippen LogP contribution in [0.25, 0.3) is 0 Å². The van der Waals surface area contributed by atoms with Crippen molar-refractivity contribution in [1.29, 1.82) is 0 Å². The molecule has 0 atom stereocenters. The van der Waals surface area contributed by atoms with E-state index in [0.717, 1.165) is 63.7 Å². The maximum atomic E-state index is 13.1. The number of hydrogen-bond acceptors (Lipinski definition) is 4. The molecule has 3 heterocycles. The molecule has 4 fully saturated rings. The number of nitrogens with zero attached hydrogens (tertiary/aromatic N) is 3. The summed E-state index contributed by atoms with van der Waals surface area (Å²) in [5.74, 6) is 0.792. The minimum absolute atomic E-state index is 0.0259. The molecule has 2 aliphatic carbocycles. The van der Waals surface area contributed by atoms with Crippen molar-refractivity contribution in [2.24, 2.45) is 5.41 Å². The van der Waals surface area contributed by atoms with Gasteiger partial charge in [-0.1, -0.05) is 0 Å². The van der Waals surface area contributed by atoms with Gasteiger partial charge in [0.25, 0.3) is 0 Å². The second-order valence-electron chi connectivity index (χ2n) is 9.39. The van der Waals surface area contributed by atoms with Crippen LogP contribution in [0.4, 0.5) is 13.2 Å². The van der Waals surface area contributed by atoms with E-state index in [-0.39, 0.29) is 17.4 Å². The fourth-order valence-corrected chi connectivity index (χ4v) is 7.86. The zero-order chi connectivity index (χ0) is 19.7. The first-order valence-electron chi connectivity index (χ1n) is 10.3. The zero-order valence-electron chi connectivity index (χ0n) is 15.8. The molecule has 1 aromatic heterocycles. The topological polar surface area (TPSA) is 55.2 Å². The van der Waals surface area contributed by atoms with Crippen LogP contribution in [0.3, 0.4) is 0 Å². The van der Waals surface area contributed by atoms with E-state index in [1.165, 1.54) is 6.07 Å². The first-order valence-corrected chi connectivity index (χ1v) is 12.1. The molecule has 0 amide bonds. The minimum Gasteiger partial charge on any atom is -0.300 e. The van der Waals surface area contributed by atoms with Crippen LogP contribution in [0.1, 0.15) is 68.3 Å². The van der Waals surface area contributed by atoms with Crippen LogP contribution in [-0.2, 0) is 16.0 Å². The molecule has 156 valence electrons. The molecule has 5 rings (SSSR count). The van der Waals surface area contributed by atoms with E-state index < -0.39 is 21.7 Å². The minimum atomic E-state index is -4.39. The molecule has 1 spiro atoms. The Morgan fingerprint density at radius 2 is 1.68 bits per heavy atom. The van der Waals surface area contributed by atoms with Gasteiger partial charge in [-0.2, -0.15) is 18.3 Å². The van der Waals surface area contributed by atoms with E-state index in [4.69, 9.17) is 0 Å². The summed E-state index contributed by atoms with van der Waals surface area (Å²) in [5, 5.41) is 3.89. The van der Waals surface area contributed by atoms with Crippen LogP contribution in [-0.4, -0.2) is 53.7 Å². The van der Waals surface area contributed by atoms with Crippen molar-refractivity contribution in [2.45, 2.75) is 69.1 Å². The molecule has 9 heteroatoms. The van der Waals surface area contributed by atoms with Crippen LogP contribution >= 0.6 is 0 Å². The third-order valence-corrected chi connectivity index (χ3v) is 9.20. The number of likely N-dealkylation sites (tertiary alicyclic amines) is 1. The molecule has 2 aliphatic heterocycles. The van der Waals surface area contributed by atoms with E-state index in [1.54, 1.807) is 4.68 Å². The van der Waals surface area contributed by atoms with Crippen LogP contribution in [0.2, 0.25) is 0 Å². The summed E-state index contributed by atoms with van der Waals surface area (Å²) >= 11 is 0. The van der Waals surface area contributed by atoms with Crippen molar-refractivity contribution < 1.29 is 21.6 Å². The summed E-state index contributed by atoms with van der Waals surface area (Å²) in [6.07, 6.45) is 2.08. The number of halogens is 3. The smallest absolute Gasteiger partial charge is 0.300 e. The first kappa shape index (κ1) is 18.9. The largest absolute Gasteiger partial charge is 0.435 e. The summed E-state index contributed by atoms with van der Waals surface area (Å²) in [7, 11) is -2.82. The number of rotatable bonds is 3. The quantitative estimate of drug-likeness (QED) is 0.757. The van der Waals surface area contributed by atoms with Crippen LogP contribution in [0, 0.1) is 5.41 Å². The van der Waals surface area contributed by atoms with Gasteiger partial charge in [-0.05, 0) is 57.6 Å². The molecule has 1 aromatic rings. The summed E-state index contributed by atoms with van der Waals surface area (Å²) in [4.78, 5) is 2.43. The van der Waals surface area contributed by atoms with Gasteiger partial charge in [0.2, 0.25) is 0 Å². The first-order chi connectivity index (χ1) is 13.1. The molecular formula is C19H26F3N3O2S. The highest BCUT2D eigenvalue weighted by molar-refractivity contribution is 7.92. The summed E-state index contributed by atoms with van der Waals surface area (Å²) in [5.41, 5.74) is -0.0255. The lowest BCUT2D eigenvalue weighted by atomic mass is 9.83. The van der Waals surface area contributed by atoms with Crippen molar-refractivity contribution in [1.82, 2.24) is 14.7 Å². The predicted molar refractivity (Wildman–Crippen MR) is 97.8 cm³/mol. The highest BCUT2D eigenvalue weighted by atomic mass is 32.2. The Morgan fingerprint density at radius 3 is 2.25 bits per heavy atom. The van der Waals surface area contributed by atoms with Crippen molar-refractivity contribution in [3.63, 3.8) is 0 Å². The van der Waals surface area contributed by atoms with Crippen molar-refractivity contribution in [3.8, 4) is 0 Å². The molecule has 0 radical (unpaired) electrons. The summed E-state index contributed by atoms with van der Waals surface area (Å²) < 4.78 is 64.2. The number of hydrogen-bond donors (Lipinski definition) is 0. The van der Waals surface area contributed by atoms with Crippen molar-refractivity contribution >= 4 is 9.84 Å². The van der Waals surface area contributed by atoms with Gasteiger partial charge < -0.3 is 0 Å². The molecule has 4 aliphatic rings. The van der Waals surface area contributed by atoms with Gasteiger partial charge in [-0.15, -0.1) is 0 Å². The Morgan fingerprint density at radius 1 is 1.04 bits per heavy atom. The number of sulfone groups is 1. The Labute approximate surface area is 163 Å². The lowest BCUT2D eigenvalue weighted by Crippen LogP contribution is -2.51. The van der Waals surface area contributed by atoms with Gasteiger partial charge >= 0.3 is 6.18 Å². The van der Waals surface area contributed by atoms with Gasteiger partial charge in [0.05, 0.1) is 17.5 Å². The van der Waals surface area contributed by atoms with Crippen LogP contribution in [0.15, 0.2) is 6.07 Å². The zero-order valence-corrected chi connectivity index (χ0v) is 16.6. The Hall–Kier alpha value is -1.09. The van der Waals surface area contributed by atoms with E-state index in [1.807, 2.05) is 0 Å². The van der Waals surface area contributed by atoms with E-state index in [2.05, 4.69) is 10.00 Å². The summed E-state index contributed by atoms with van der Waals surface area (Å²) in [6.45, 7) is 1.81. The second kappa shape index (κ2) is 6.20. The van der Waals surface area contributed by atoms with Crippen molar-refractivity contribution in [2.75, 3.05) is 24.6 Å². The van der Waals surface area contributed by atoms with E-state index in [0.29, 0.717) is 17.5 Å². The molecule has 2 saturated carbocycles. The molecule has 0 unspecified atom stereocenters. The van der Waals surface area contributed by atoms with Gasteiger partial charge in [-0.25, -0.2) is 8.42 Å². The van der Waals surface area contributed by atoms with E-state index in [9.17, 15) is 21.6 Å². The second-order valence-corrected chi connectivity index (χ2v) is 11.5. The molecule has 0 aromatic carbocycles. The predicted octanol–water partition coefficient (Wildman–Crippen LogP) is 3.38. The van der Waals surface area contributed by atoms with Crippen molar-refractivity contribution in [3.05, 3.63) is 17.5 Å². The molecular weight excluding hydrogens is 391 g/mol. The fraction of sp³-hybridized carbons (Fsp3) is 0.842. The normalized spacial score (nSPS) is 32.5. The Kier molecular flexibility index (Phi) is 4.19. The average molecular weight is 417 g/mol. The highest BCUT2D eigenvalue weighted by Crippen LogP contribution is 2.46. The van der Waals surface area contributed by atoms with E-state index >= 15 is 0 Å². The third-order valence-electron chi connectivity index (χ3n) is 7.10. The maximum Gasteiger partial charge on any atom is 0.435 e. The Balaban J connectivity index is 1.24. The monoisotopic (exact) mass is 417 g/mol. The standard InChI is InChI=1S/C19H26F3N3O2S/c20-19(21,22)17-9-16(25(23-17)15-5-6-15)13-1-3-14(4-2-13)24-8-7-18(10-24)11-28(26,27)12-18/h9,13-15H,1-8,10-12H2/t13-,14+. The van der Waals surface area contributed by atoms with Gasteiger partial charge in [0.1, 0.15) is 0 Å². The third kappa shape index (κ3) is 3.38. The number of alkyl halides is 3. The fourth-order valence-electron chi connectivity index (χ4n) is 5.61. The summed E-state index contributed by atoms with van der Waals surface area (Å²) in [6, 6.07) is 1.84. The maximum absolute atomic E-state index is 13.1. The molecule has 5 nitrogen and oxygen atoms in total. The van der Waals surface area contributed by atoms with Crippen LogP contribution in [0.5, 0.6) is 0 Å². The van der Waals surface area contributed by atoms with Gasteiger partial charge in [0, 0.05) is 29.6 Å². The SMILES string of the molecule is O=S1(=O)CC2(CCN([C@H]3CC[C@@H](c4cc(C(F)(F)F)nn4C4CC4)CC3)C2)C1. The van der Waals surface area contributed by atoms with Gasteiger partial charge in [-0.3, -0.25) is 9.58 Å². The molecule has 2 saturated heterocycles. The average Bonchev–Trinajstić information content (AvgIpc) is 3.19. The lowest BCUT2D eigenvalue weighted by molar-refractivity contribution is -0.141. The molecule has 28 heavy (non-hydrogen) atoms. The molecule has 0 bridgehead atoms. The molecule has 0 N–H and O–H groups in total. The van der Waals surface area contributed by atoms with Crippen LogP contribution < -0.4 is 0 Å². The highest BCUT2D eigenvalue weighted by Gasteiger charge is 2.53.